The molecule has 14 heavy (non-hydrogen) atoms. The fourth-order valence-electron chi connectivity index (χ4n) is 1.10. The van der Waals surface area contributed by atoms with E-state index in [4.69, 9.17) is 0 Å². The summed E-state index contributed by atoms with van der Waals surface area (Å²) >= 11 is 1.50. The van der Waals surface area contributed by atoms with E-state index in [9.17, 15) is 4.79 Å². The topological polar surface area (TPSA) is 54.0 Å². The molecular weight excluding hydrogens is 198 g/mol. The highest BCUT2D eigenvalue weighted by Gasteiger charge is 2.21. The molecule has 1 aromatic heterocycles. The summed E-state index contributed by atoms with van der Waals surface area (Å²) in [5.74, 6) is -0.00810. The van der Waals surface area contributed by atoms with Crippen LogP contribution in [0.2, 0.25) is 0 Å². The first kappa shape index (κ1) is 9.61. The van der Waals surface area contributed by atoms with Crippen molar-refractivity contribution in [2.24, 2.45) is 0 Å². The number of nitrogens with zero attached hydrogens (tertiary/aromatic N) is 1. The first-order valence-electron chi connectivity index (χ1n) is 4.70. The number of nitrogens with one attached hydrogen (secondary N) is 2. The highest BCUT2D eigenvalue weighted by molar-refractivity contribution is 7.15. The van der Waals surface area contributed by atoms with E-state index in [1.807, 2.05) is 6.92 Å². The summed E-state index contributed by atoms with van der Waals surface area (Å²) in [6, 6.07) is 0.568. The van der Waals surface area contributed by atoms with Crippen molar-refractivity contribution in [3.8, 4) is 0 Å². The smallest absolute Gasteiger partial charge is 0.240 e. The number of hydrogen-bond donors (Lipinski definition) is 2. The number of rotatable bonds is 4. The zero-order chi connectivity index (χ0) is 9.97. The highest BCUT2D eigenvalue weighted by atomic mass is 32.1. The molecule has 0 aliphatic heterocycles. The molecule has 1 aliphatic carbocycles. The van der Waals surface area contributed by atoms with E-state index in [2.05, 4.69) is 15.6 Å². The second kappa shape index (κ2) is 4.06. The summed E-state index contributed by atoms with van der Waals surface area (Å²) in [4.78, 5) is 16.5. The maximum atomic E-state index is 11.3. The van der Waals surface area contributed by atoms with Gasteiger partial charge in [-0.15, -0.1) is 11.3 Å². The summed E-state index contributed by atoms with van der Waals surface area (Å²) in [5, 5.41) is 6.59. The van der Waals surface area contributed by atoms with Gasteiger partial charge >= 0.3 is 0 Å². The molecule has 0 radical (unpaired) electrons. The van der Waals surface area contributed by atoms with Crippen LogP contribution in [0, 0.1) is 6.92 Å². The number of carbonyl (C=O) groups is 1. The summed E-state index contributed by atoms with van der Waals surface area (Å²) in [7, 11) is 0. The van der Waals surface area contributed by atoms with Crippen molar-refractivity contribution in [3.63, 3.8) is 0 Å². The number of hydrogen-bond acceptors (Lipinski definition) is 4. The SMILES string of the molecule is Cc1cnc(NC(=O)CNC2CC2)s1. The number of amides is 1. The van der Waals surface area contributed by atoms with E-state index in [1.165, 1.54) is 24.2 Å². The minimum absolute atomic E-state index is 0.00810. The lowest BCUT2D eigenvalue weighted by atomic mass is 10.5. The Hall–Kier alpha value is -0.940. The van der Waals surface area contributed by atoms with Crippen LogP contribution in [0.25, 0.3) is 0 Å². The van der Waals surface area contributed by atoms with Crippen molar-refractivity contribution < 1.29 is 4.79 Å². The van der Waals surface area contributed by atoms with Crippen LogP contribution >= 0.6 is 11.3 Å². The number of carbonyl (C=O) groups excluding carboxylic acids is 1. The molecule has 4 nitrogen and oxygen atoms in total. The molecule has 1 aromatic rings. The van der Waals surface area contributed by atoms with E-state index < -0.39 is 0 Å². The second-order valence-electron chi connectivity index (χ2n) is 3.48. The Labute approximate surface area is 86.7 Å². The first-order valence-corrected chi connectivity index (χ1v) is 5.51. The zero-order valence-electron chi connectivity index (χ0n) is 8.04. The Kier molecular flexibility index (Phi) is 2.79. The van der Waals surface area contributed by atoms with Crippen LogP contribution in [0.5, 0.6) is 0 Å². The third-order valence-corrected chi connectivity index (χ3v) is 2.82. The average molecular weight is 211 g/mol. The minimum atomic E-state index is -0.00810. The molecule has 0 spiro atoms. The fourth-order valence-corrected chi connectivity index (χ4v) is 1.78. The van der Waals surface area contributed by atoms with E-state index in [0.29, 0.717) is 17.7 Å². The summed E-state index contributed by atoms with van der Waals surface area (Å²) in [6.07, 6.45) is 4.15. The molecule has 1 heterocycles. The van der Waals surface area contributed by atoms with Gasteiger partial charge in [0.15, 0.2) is 5.13 Å². The molecule has 1 fully saturated rings. The molecule has 1 saturated carbocycles. The Bertz CT molecular complexity index is 333. The summed E-state index contributed by atoms with van der Waals surface area (Å²) < 4.78 is 0. The normalized spacial score (nSPS) is 15.5. The zero-order valence-corrected chi connectivity index (χ0v) is 8.86. The monoisotopic (exact) mass is 211 g/mol. The van der Waals surface area contributed by atoms with Gasteiger partial charge in [-0.25, -0.2) is 4.98 Å². The fraction of sp³-hybridized carbons (Fsp3) is 0.556. The van der Waals surface area contributed by atoms with Gasteiger partial charge in [0, 0.05) is 17.1 Å². The lowest BCUT2D eigenvalue weighted by molar-refractivity contribution is -0.115. The highest BCUT2D eigenvalue weighted by Crippen LogP contribution is 2.18. The van der Waals surface area contributed by atoms with Gasteiger partial charge in [-0.3, -0.25) is 4.79 Å². The van der Waals surface area contributed by atoms with Crippen LogP contribution in [0.1, 0.15) is 17.7 Å². The molecule has 0 saturated heterocycles. The quantitative estimate of drug-likeness (QED) is 0.785. The van der Waals surface area contributed by atoms with E-state index in [-0.39, 0.29) is 5.91 Å². The average Bonchev–Trinajstić information content (AvgIpc) is 2.88. The first-order chi connectivity index (χ1) is 6.74. The van der Waals surface area contributed by atoms with Gasteiger partial charge in [0.25, 0.3) is 0 Å². The number of anilines is 1. The third-order valence-electron chi connectivity index (χ3n) is 2.00. The lowest BCUT2D eigenvalue weighted by Gasteiger charge is -2.01. The molecule has 0 atom stereocenters. The standard InChI is InChI=1S/C9H13N3OS/c1-6-4-11-9(14-6)12-8(13)5-10-7-2-3-7/h4,7,10H,2-3,5H2,1H3,(H,11,12,13). The van der Waals surface area contributed by atoms with Gasteiger partial charge in [-0.05, 0) is 19.8 Å². The molecular formula is C9H13N3OS. The van der Waals surface area contributed by atoms with Crippen molar-refractivity contribution in [3.05, 3.63) is 11.1 Å². The van der Waals surface area contributed by atoms with Crippen molar-refractivity contribution >= 4 is 22.4 Å². The summed E-state index contributed by atoms with van der Waals surface area (Å²) in [5.41, 5.74) is 0. The largest absolute Gasteiger partial charge is 0.306 e. The Morgan fingerprint density at radius 1 is 1.71 bits per heavy atom. The molecule has 2 rings (SSSR count). The van der Waals surface area contributed by atoms with Crippen LogP contribution in [-0.2, 0) is 4.79 Å². The Morgan fingerprint density at radius 3 is 3.07 bits per heavy atom. The van der Waals surface area contributed by atoms with E-state index >= 15 is 0 Å². The van der Waals surface area contributed by atoms with Crippen LogP contribution < -0.4 is 10.6 Å². The molecule has 1 aliphatic rings. The molecule has 0 bridgehead atoms. The molecule has 76 valence electrons. The van der Waals surface area contributed by atoms with Gasteiger partial charge in [-0.2, -0.15) is 0 Å². The number of aryl methyl sites for hydroxylation is 1. The van der Waals surface area contributed by atoms with Crippen molar-refractivity contribution in [2.45, 2.75) is 25.8 Å². The number of thiazole rings is 1. The molecule has 2 N–H and O–H groups in total. The van der Waals surface area contributed by atoms with Crippen LogP contribution in [0.3, 0.4) is 0 Å². The van der Waals surface area contributed by atoms with Gasteiger partial charge in [0.05, 0.1) is 6.54 Å². The molecule has 0 unspecified atom stereocenters. The summed E-state index contributed by atoms with van der Waals surface area (Å²) in [6.45, 7) is 2.36. The van der Waals surface area contributed by atoms with Crippen molar-refractivity contribution in [1.82, 2.24) is 10.3 Å². The third kappa shape index (κ3) is 2.78. The molecule has 1 amide bonds. The van der Waals surface area contributed by atoms with E-state index in [1.54, 1.807) is 6.20 Å². The van der Waals surface area contributed by atoms with Gasteiger partial charge in [0.2, 0.25) is 5.91 Å². The maximum Gasteiger partial charge on any atom is 0.240 e. The van der Waals surface area contributed by atoms with Crippen LogP contribution in [0.4, 0.5) is 5.13 Å². The van der Waals surface area contributed by atoms with Crippen LogP contribution in [-0.4, -0.2) is 23.5 Å². The van der Waals surface area contributed by atoms with E-state index in [0.717, 1.165) is 4.88 Å². The van der Waals surface area contributed by atoms with Crippen molar-refractivity contribution in [2.75, 3.05) is 11.9 Å². The minimum Gasteiger partial charge on any atom is -0.306 e. The number of aromatic nitrogens is 1. The molecule has 5 heteroatoms. The maximum absolute atomic E-state index is 11.3. The van der Waals surface area contributed by atoms with Gasteiger partial charge in [-0.1, -0.05) is 0 Å². The Morgan fingerprint density at radius 2 is 2.50 bits per heavy atom. The van der Waals surface area contributed by atoms with Crippen LogP contribution in [0.15, 0.2) is 6.20 Å². The van der Waals surface area contributed by atoms with Gasteiger partial charge < -0.3 is 10.6 Å². The second-order valence-corrected chi connectivity index (χ2v) is 4.71. The Balaban J connectivity index is 1.75. The van der Waals surface area contributed by atoms with Crippen molar-refractivity contribution in [1.29, 1.82) is 0 Å². The lowest BCUT2D eigenvalue weighted by Crippen LogP contribution is -2.29. The predicted molar refractivity (Wildman–Crippen MR) is 56.5 cm³/mol. The molecule has 0 aromatic carbocycles. The van der Waals surface area contributed by atoms with Gasteiger partial charge in [0.1, 0.15) is 0 Å². The predicted octanol–water partition coefficient (Wildman–Crippen LogP) is 1.14.